The van der Waals surface area contributed by atoms with Crippen molar-refractivity contribution < 1.29 is 9.18 Å². The van der Waals surface area contributed by atoms with Crippen molar-refractivity contribution in [2.45, 2.75) is 37.4 Å². The molecule has 1 saturated heterocycles. The summed E-state index contributed by atoms with van der Waals surface area (Å²) in [6.07, 6.45) is 1.98. The number of rotatable bonds is 4. The van der Waals surface area contributed by atoms with Crippen LogP contribution in [0.1, 0.15) is 29.8 Å². The second-order valence-electron chi connectivity index (χ2n) is 7.06. The van der Waals surface area contributed by atoms with E-state index in [1.807, 2.05) is 35.4 Å². The van der Waals surface area contributed by atoms with Gasteiger partial charge in [-0.25, -0.2) is 4.39 Å². The summed E-state index contributed by atoms with van der Waals surface area (Å²) in [5.41, 5.74) is 1.64. The molecule has 0 aromatic heterocycles. The number of piperazine rings is 1. The zero-order chi connectivity index (χ0) is 19.6. The molecule has 6 heteroatoms. The second-order valence-corrected chi connectivity index (χ2v) is 8.34. The van der Waals surface area contributed by atoms with E-state index in [4.69, 9.17) is 11.6 Å². The molecule has 3 rings (SSSR count). The highest BCUT2D eigenvalue weighted by atomic mass is 35.5. The van der Waals surface area contributed by atoms with E-state index in [0.717, 1.165) is 23.5 Å². The molecule has 0 radical (unpaired) electrons. The van der Waals surface area contributed by atoms with Crippen LogP contribution >= 0.6 is 23.4 Å². The van der Waals surface area contributed by atoms with Crippen LogP contribution in [0.3, 0.4) is 0 Å². The smallest absolute Gasteiger partial charge is 0.255 e. The Hall–Kier alpha value is -1.56. The third kappa shape index (κ3) is 4.65. The van der Waals surface area contributed by atoms with Crippen molar-refractivity contribution in [3.05, 3.63) is 64.4 Å². The average molecular weight is 407 g/mol. The maximum Gasteiger partial charge on any atom is 0.255 e. The van der Waals surface area contributed by atoms with Gasteiger partial charge >= 0.3 is 0 Å². The molecular formula is C21H24ClFN2OS. The molecule has 1 fully saturated rings. The molecule has 0 bridgehead atoms. The Bertz CT molecular complexity index is 814. The predicted molar refractivity (Wildman–Crippen MR) is 110 cm³/mol. The first kappa shape index (κ1) is 20.2. The Labute approximate surface area is 169 Å². The summed E-state index contributed by atoms with van der Waals surface area (Å²) in [7, 11) is 0. The van der Waals surface area contributed by atoms with Crippen LogP contribution in [0.2, 0.25) is 5.02 Å². The molecular weight excluding hydrogens is 383 g/mol. The van der Waals surface area contributed by atoms with Crippen molar-refractivity contribution >= 4 is 29.3 Å². The first-order valence-electron chi connectivity index (χ1n) is 9.02. The lowest BCUT2D eigenvalue weighted by atomic mass is 10.0. The van der Waals surface area contributed by atoms with Gasteiger partial charge in [-0.15, -0.1) is 11.8 Å². The van der Waals surface area contributed by atoms with E-state index in [1.165, 1.54) is 12.1 Å². The number of carbonyl (C=O) groups excluding carboxylic acids is 1. The van der Waals surface area contributed by atoms with Crippen molar-refractivity contribution in [1.82, 2.24) is 9.80 Å². The Morgan fingerprint density at radius 3 is 2.52 bits per heavy atom. The Morgan fingerprint density at radius 2 is 1.85 bits per heavy atom. The highest BCUT2D eigenvalue weighted by Crippen LogP contribution is 2.27. The molecule has 0 aliphatic carbocycles. The van der Waals surface area contributed by atoms with Crippen LogP contribution in [0.4, 0.5) is 4.39 Å². The molecule has 2 aromatic rings. The SMILES string of the molecule is CSc1ccc(Cl)c(C(=O)N2C[C@H](C)N(Cc3ccc(F)cc3)C[C@@H]2C)c1. The zero-order valence-corrected chi connectivity index (χ0v) is 17.4. The summed E-state index contributed by atoms with van der Waals surface area (Å²) in [6, 6.07) is 12.5. The minimum atomic E-state index is -0.222. The topological polar surface area (TPSA) is 23.6 Å². The van der Waals surface area contributed by atoms with E-state index >= 15 is 0 Å². The summed E-state index contributed by atoms with van der Waals surface area (Å²) in [5.74, 6) is -0.239. The van der Waals surface area contributed by atoms with E-state index < -0.39 is 0 Å². The van der Waals surface area contributed by atoms with Crippen LogP contribution in [-0.4, -0.2) is 47.1 Å². The number of thioether (sulfide) groups is 1. The van der Waals surface area contributed by atoms with Crippen LogP contribution in [0.25, 0.3) is 0 Å². The molecule has 2 atom stereocenters. The predicted octanol–water partition coefficient (Wildman–Crippen LogP) is 4.94. The molecule has 2 aromatic carbocycles. The van der Waals surface area contributed by atoms with Gasteiger partial charge in [-0.3, -0.25) is 9.69 Å². The van der Waals surface area contributed by atoms with Gasteiger partial charge in [0.1, 0.15) is 5.82 Å². The summed E-state index contributed by atoms with van der Waals surface area (Å²) < 4.78 is 13.1. The van der Waals surface area contributed by atoms with E-state index in [-0.39, 0.29) is 23.8 Å². The fourth-order valence-corrected chi connectivity index (χ4v) is 4.11. The minimum absolute atomic E-state index is 0.0170. The van der Waals surface area contributed by atoms with Gasteiger partial charge < -0.3 is 4.90 Å². The minimum Gasteiger partial charge on any atom is -0.333 e. The molecule has 1 aliphatic heterocycles. The standard InChI is InChI=1S/C21H24ClFN2OS/c1-14-12-25(21(26)19-10-18(27-3)8-9-20(19)22)15(2)11-24(14)13-16-4-6-17(23)7-5-16/h4-10,14-15H,11-13H2,1-3H3/t14-,15-/m0/s1. The Balaban J connectivity index is 1.73. The average Bonchev–Trinajstić information content (AvgIpc) is 2.66. The van der Waals surface area contributed by atoms with Crippen molar-refractivity contribution in [1.29, 1.82) is 0 Å². The maximum atomic E-state index is 13.1. The van der Waals surface area contributed by atoms with E-state index in [9.17, 15) is 9.18 Å². The monoisotopic (exact) mass is 406 g/mol. The van der Waals surface area contributed by atoms with Gasteiger partial charge in [0, 0.05) is 36.6 Å². The van der Waals surface area contributed by atoms with Crippen LogP contribution in [-0.2, 0) is 6.54 Å². The first-order valence-corrected chi connectivity index (χ1v) is 10.6. The number of carbonyl (C=O) groups is 1. The van der Waals surface area contributed by atoms with Crippen LogP contribution < -0.4 is 0 Å². The lowest BCUT2D eigenvalue weighted by molar-refractivity contribution is 0.0290. The van der Waals surface area contributed by atoms with Gasteiger partial charge in [0.05, 0.1) is 10.6 Å². The van der Waals surface area contributed by atoms with Gasteiger partial charge in [0.15, 0.2) is 0 Å². The molecule has 1 amide bonds. The molecule has 0 saturated carbocycles. The Morgan fingerprint density at radius 1 is 1.15 bits per heavy atom. The maximum absolute atomic E-state index is 13.1. The van der Waals surface area contributed by atoms with Crippen molar-refractivity contribution in [3.63, 3.8) is 0 Å². The molecule has 0 N–H and O–H groups in total. The first-order chi connectivity index (χ1) is 12.9. The van der Waals surface area contributed by atoms with Gasteiger partial charge in [-0.2, -0.15) is 0 Å². The number of benzene rings is 2. The van der Waals surface area contributed by atoms with Gasteiger partial charge in [0.2, 0.25) is 0 Å². The summed E-state index contributed by atoms with van der Waals surface area (Å²) >= 11 is 7.90. The summed E-state index contributed by atoms with van der Waals surface area (Å²) in [4.78, 5) is 18.4. The fourth-order valence-electron chi connectivity index (χ4n) is 3.48. The summed E-state index contributed by atoms with van der Waals surface area (Å²) in [6.45, 7) is 6.34. The molecule has 0 unspecified atom stereocenters. The lowest BCUT2D eigenvalue weighted by Gasteiger charge is -2.44. The van der Waals surface area contributed by atoms with E-state index in [1.54, 1.807) is 17.8 Å². The van der Waals surface area contributed by atoms with E-state index in [0.29, 0.717) is 17.1 Å². The fraction of sp³-hybridized carbons (Fsp3) is 0.381. The highest BCUT2D eigenvalue weighted by molar-refractivity contribution is 7.98. The Kier molecular flexibility index (Phi) is 6.45. The van der Waals surface area contributed by atoms with Crippen LogP contribution in [0.15, 0.2) is 47.4 Å². The van der Waals surface area contributed by atoms with Gasteiger partial charge in [-0.05, 0) is 56.0 Å². The normalized spacial score (nSPS) is 20.7. The third-order valence-corrected chi connectivity index (χ3v) is 6.13. The number of hydrogen-bond acceptors (Lipinski definition) is 3. The van der Waals surface area contributed by atoms with Crippen LogP contribution in [0, 0.1) is 5.82 Å². The number of hydrogen-bond donors (Lipinski definition) is 0. The highest BCUT2D eigenvalue weighted by Gasteiger charge is 2.33. The molecule has 27 heavy (non-hydrogen) atoms. The van der Waals surface area contributed by atoms with Crippen molar-refractivity contribution in [2.75, 3.05) is 19.3 Å². The molecule has 144 valence electrons. The van der Waals surface area contributed by atoms with Crippen molar-refractivity contribution in [3.8, 4) is 0 Å². The van der Waals surface area contributed by atoms with Gasteiger partial charge in [-0.1, -0.05) is 23.7 Å². The largest absolute Gasteiger partial charge is 0.333 e. The van der Waals surface area contributed by atoms with Crippen molar-refractivity contribution in [2.24, 2.45) is 0 Å². The lowest BCUT2D eigenvalue weighted by Crippen LogP contribution is -2.57. The summed E-state index contributed by atoms with van der Waals surface area (Å²) in [5, 5.41) is 0.492. The van der Waals surface area contributed by atoms with E-state index in [2.05, 4.69) is 18.7 Å². The quantitative estimate of drug-likeness (QED) is 0.672. The van der Waals surface area contributed by atoms with Crippen LogP contribution in [0.5, 0.6) is 0 Å². The molecule has 1 heterocycles. The molecule has 0 spiro atoms. The number of nitrogens with zero attached hydrogens (tertiary/aromatic N) is 2. The number of halogens is 2. The second kappa shape index (κ2) is 8.63. The number of amides is 1. The van der Waals surface area contributed by atoms with Gasteiger partial charge in [0.25, 0.3) is 5.91 Å². The third-order valence-electron chi connectivity index (χ3n) is 5.08. The zero-order valence-electron chi connectivity index (χ0n) is 15.8. The molecule has 3 nitrogen and oxygen atoms in total. The molecule has 1 aliphatic rings.